The van der Waals surface area contributed by atoms with Crippen LogP contribution >= 0.6 is 0 Å². The maximum Gasteiger partial charge on any atom is 0.316 e. The molecule has 1 aliphatic heterocycles. The number of hydrogen-bond donors (Lipinski definition) is 0. The molecule has 0 N–H and O–H groups in total. The Balaban J connectivity index is 1.17. The number of rotatable bonds is 11. The molecule has 232 valence electrons. The largest absolute Gasteiger partial charge is 0.486 e. The number of carbonyl (C=O) groups is 1. The normalized spacial score (nSPS) is 18.2. The van der Waals surface area contributed by atoms with Crippen LogP contribution in [0.25, 0.3) is 11.3 Å². The van der Waals surface area contributed by atoms with Gasteiger partial charge in [-0.1, -0.05) is 24.3 Å². The van der Waals surface area contributed by atoms with Crippen LogP contribution in [0, 0.1) is 23.2 Å². The SMILES string of the molecule is COc1ncc(-c2cnc(C(C(=O)COc3ccccc3)C3CCC(Cc4ncc(C#N)c(C5=NCC=C5C)n4)CC3)cn2)cn1. The topological polar surface area (TPSA) is 149 Å². The van der Waals surface area contributed by atoms with E-state index >= 15 is 0 Å². The number of carbonyl (C=O) groups excluding carboxylic acids is 1. The lowest BCUT2D eigenvalue weighted by Crippen LogP contribution is -2.30. The van der Waals surface area contributed by atoms with Crippen molar-refractivity contribution in [1.29, 1.82) is 5.26 Å². The van der Waals surface area contributed by atoms with Gasteiger partial charge in [-0.05, 0) is 62.1 Å². The van der Waals surface area contributed by atoms with Gasteiger partial charge in [-0.15, -0.1) is 0 Å². The molecule has 11 heteroatoms. The number of hydrogen-bond acceptors (Lipinski definition) is 11. The van der Waals surface area contributed by atoms with E-state index in [0.29, 0.717) is 58.7 Å². The molecule has 1 fully saturated rings. The van der Waals surface area contributed by atoms with Crippen LogP contribution in [0.1, 0.15) is 61.3 Å². The average molecular weight is 615 g/mol. The predicted molar refractivity (Wildman–Crippen MR) is 170 cm³/mol. The fraction of sp³-hybridized carbons (Fsp3) is 0.343. The number of aromatic nitrogens is 6. The molecule has 11 nitrogen and oxygen atoms in total. The number of Topliss-reactive ketones (excluding diaryl/α,β-unsaturated/α-hetero) is 1. The summed E-state index contributed by atoms with van der Waals surface area (Å²) in [4.78, 5) is 45.3. The van der Waals surface area contributed by atoms with E-state index in [4.69, 9.17) is 19.4 Å². The molecule has 0 spiro atoms. The zero-order chi connectivity index (χ0) is 31.9. The van der Waals surface area contributed by atoms with E-state index < -0.39 is 5.92 Å². The van der Waals surface area contributed by atoms with Gasteiger partial charge in [0.1, 0.15) is 29.9 Å². The highest BCUT2D eigenvalue weighted by atomic mass is 16.5. The van der Waals surface area contributed by atoms with Crippen molar-refractivity contribution in [3.63, 3.8) is 0 Å². The van der Waals surface area contributed by atoms with Gasteiger partial charge in [-0.25, -0.2) is 19.9 Å². The molecule has 4 aromatic rings. The quantitative estimate of drug-likeness (QED) is 0.222. The monoisotopic (exact) mass is 614 g/mol. The minimum absolute atomic E-state index is 0.0250. The third-order valence-corrected chi connectivity index (χ3v) is 8.61. The molecule has 0 saturated heterocycles. The van der Waals surface area contributed by atoms with Crippen molar-refractivity contribution in [3.05, 3.63) is 95.7 Å². The fourth-order valence-electron chi connectivity index (χ4n) is 6.15. The fourth-order valence-corrected chi connectivity index (χ4v) is 6.15. The molecule has 1 atom stereocenters. The lowest BCUT2D eigenvalue weighted by atomic mass is 9.72. The highest BCUT2D eigenvalue weighted by Crippen LogP contribution is 2.39. The van der Waals surface area contributed by atoms with Crippen LogP contribution in [-0.4, -0.2) is 61.7 Å². The minimum Gasteiger partial charge on any atom is -0.486 e. The first-order valence-corrected chi connectivity index (χ1v) is 15.4. The molecule has 0 bridgehead atoms. The Bertz CT molecular complexity index is 1780. The van der Waals surface area contributed by atoms with Crippen LogP contribution in [0.15, 0.2) is 78.0 Å². The van der Waals surface area contributed by atoms with Crippen LogP contribution in [-0.2, 0) is 11.2 Å². The van der Waals surface area contributed by atoms with Crippen molar-refractivity contribution >= 4 is 11.5 Å². The molecule has 4 heterocycles. The maximum atomic E-state index is 13.8. The van der Waals surface area contributed by atoms with Crippen LogP contribution in [0.5, 0.6) is 11.8 Å². The number of methoxy groups -OCH3 is 1. The van der Waals surface area contributed by atoms with Gasteiger partial charge in [-0.3, -0.25) is 19.8 Å². The molecular formula is C35H34N8O3. The molecule has 2 aliphatic rings. The Kier molecular flexibility index (Phi) is 9.43. The Hall–Kier alpha value is -5.37. The number of nitriles is 1. The third kappa shape index (κ3) is 6.96. The molecule has 3 aromatic heterocycles. The summed E-state index contributed by atoms with van der Waals surface area (Å²) in [7, 11) is 1.51. The van der Waals surface area contributed by atoms with Crippen LogP contribution in [0.4, 0.5) is 0 Å². The zero-order valence-corrected chi connectivity index (χ0v) is 25.8. The average Bonchev–Trinajstić information content (AvgIpc) is 3.54. The summed E-state index contributed by atoms with van der Waals surface area (Å²) in [5, 5.41) is 9.63. The van der Waals surface area contributed by atoms with E-state index in [2.05, 4.69) is 31.0 Å². The van der Waals surface area contributed by atoms with Crippen molar-refractivity contribution in [2.45, 2.75) is 44.9 Å². The van der Waals surface area contributed by atoms with Crippen LogP contribution < -0.4 is 9.47 Å². The van der Waals surface area contributed by atoms with Crippen molar-refractivity contribution < 1.29 is 14.3 Å². The van der Waals surface area contributed by atoms with Crippen molar-refractivity contribution in [2.24, 2.45) is 16.8 Å². The smallest absolute Gasteiger partial charge is 0.316 e. The Morgan fingerprint density at radius 1 is 0.978 bits per heavy atom. The standard InChI is InChI=1S/C35H34N8O3/c1-22-12-13-37-33(22)34-25(15-36)16-40-31(43-34)14-23-8-10-24(11-9-23)32(30(44)21-46-27-6-4-3-5-7-27)29-20-38-28(19-39-29)26-17-41-35(45-2)42-18-26/h3-7,12,16-20,23-24,32H,8-11,13-14,21H2,1-2H3. The van der Waals surface area contributed by atoms with E-state index in [-0.39, 0.29) is 24.3 Å². The lowest BCUT2D eigenvalue weighted by molar-refractivity contribution is -0.124. The zero-order valence-electron chi connectivity index (χ0n) is 25.8. The highest BCUT2D eigenvalue weighted by Gasteiger charge is 2.35. The van der Waals surface area contributed by atoms with Gasteiger partial charge in [0.2, 0.25) is 0 Å². The first-order valence-electron chi connectivity index (χ1n) is 15.4. The summed E-state index contributed by atoms with van der Waals surface area (Å²) in [6.07, 6.45) is 14.5. The lowest BCUT2D eigenvalue weighted by Gasteiger charge is -2.32. The number of ketones is 1. The van der Waals surface area contributed by atoms with Crippen LogP contribution in [0.2, 0.25) is 0 Å². The molecule has 46 heavy (non-hydrogen) atoms. The van der Waals surface area contributed by atoms with Crippen molar-refractivity contribution in [1.82, 2.24) is 29.9 Å². The van der Waals surface area contributed by atoms with Gasteiger partial charge in [0.15, 0.2) is 5.78 Å². The second-order valence-electron chi connectivity index (χ2n) is 11.6. The maximum absolute atomic E-state index is 13.8. The van der Waals surface area contributed by atoms with Gasteiger partial charge in [0.05, 0.1) is 48.4 Å². The molecule has 1 aromatic carbocycles. The van der Waals surface area contributed by atoms with Crippen LogP contribution in [0.3, 0.4) is 0 Å². The number of aliphatic imine (C=N–C) groups is 1. The first-order chi connectivity index (χ1) is 22.5. The molecule has 1 unspecified atom stereocenters. The molecule has 0 amide bonds. The van der Waals surface area contributed by atoms with Gasteiger partial charge < -0.3 is 9.47 Å². The Labute approximate surface area is 267 Å². The number of benzene rings is 1. The molecular weight excluding hydrogens is 580 g/mol. The van der Waals surface area contributed by atoms with E-state index in [0.717, 1.165) is 37.0 Å². The Morgan fingerprint density at radius 2 is 1.76 bits per heavy atom. The van der Waals surface area contributed by atoms with Crippen molar-refractivity contribution in [3.8, 4) is 29.1 Å². The molecule has 6 rings (SSSR count). The summed E-state index contributed by atoms with van der Waals surface area (Å²) < 4.78 is 10.9. The van der Waals surface area contributed by atoms with E-state index in [1.54, 1.807) is 31.0 Å². The van der Waals surface area contributed by atoms with Gasteiger partial charge in [-0.2, -0.15) is 5.26 Å². The number of ether oxygens (including phenoxy) is 2. The van der Waals surface area contributed by atoms with E-state index in [1.807, 2.05) is 43.3 Å². The number of allylic oxidation sites excluding steroid dienone is 1. The summed E-state index contributed by atoms with van der Waals surface area (Å²) in [6, 6.07) is 11.8. The number of nitrogens with zero attached hydrogens (tertiary/aromatic N) is 8. The van der Waals surface area contributed by atoms with E-state index in [1.165, 1.54) is 7.11 Å². The van der Waals surface area contributed by atoms with Gasteiger partial charge in [0.25, 0.3) is 0 Å². The Morgan fingerprint density at radius 3 is 2.41 bits per heavy atom. The first kappa shape index (κ1) is 30.6. The molecule has 1 saturated carbocycles. The molecule has 1 aliphatic carbocycles. The second kappa shape index (κ2) is 14.2. The summed E-state index contributed by atoms with van der Waals surface area (Å²) in [5.41, 5.74) is 4.79. The van der Waals surface area contributed by atoms with Gasteiger partial charge >= 0.3 is 6.01 Å². The summed E-state index contributed by atoms with van der Waals surface area (Å²) >= 11 is 0. The van der Waals surface area contributed by atoms with E-state index in [9.17, 15) is 10.1 Å². The number of para-hydroxylation sites is 1. The van der Waals surface area contributed by atoms with Gasteiger partial charge in [0, 0.05) is 36.8 Å². The highest BCUT2D eigenvalue weighted by molar-refractivity contribution is 6.13. The van der Waals surface area contributed by atoms with Crippen molar-refractivity contribution in [2.75, 3.05) is 20.3 Å². The third-order valence-electron chi connectivity index (χ3n) is 8.61. The summed E-state index contributed by atoms with van der Waals surface area (Å²) in [5.74, 6) is 1.34. The minimum atomic E-state index is -0.453. The predicted octanol–water partition coefficient (Wildman–Crippen LogP) is 5.13. The summed E-state index contributed by atoms with van der Waals surface area (Å²) in [6.45, 7) is 2.54. The second-order valence-corrected chi connectivity index (χ2v) is 11.6. The molecule has 0 radical (unpaired) electrons.